The van der Waals surface area contributed by atoms with E-state index in [1.807, 2.05) is 36.4 Å². The monoisotopic (exact) mass is 295 g/mol. The fraction of sp³-hybridized carbons (Fsp3) is 0.150. The minimum Gasteiger partial charge on any atom is -0.195 e. The second kappa shape index (κ2) is 7.47. The first-order valence-electron chi connectivity index (χ1n) is 7.12. The first-order valence-corrected chi connectivity index (χ1v) is 7.12. The predicted molar refractivity (Wildman–Crippen MR) is 86.6 cm³/mol. The molecule has 2 aromatic rings. The summed E-state index contributed by atoms with van der Waals surface area (Å²) in [5, 5.41) is 27.9. The maximum Gasteiger partial charge on any atom is 0.228 e. The van der Waals surface area contributed by atoms with E-state index in [-0.39, 0.29) is 0 Å². The molecular formula is C20H13N3. The Labute approximate surface area is 136 Å². The van der Waals surface area contributed by atoms with Crippen LogP contribution >= 0.6 is 0 Å². The lowest BCUT2D eigenvalue weighted by atomic mass is 9.84. The van der Waals surface area contributed by atoms with Gasteiger partial charge in [0.1, 0.15) is 12.1 Å². The van der Waals surface area contributed by atoms with Crippen molar-refractivity contribution in [2.75, 3.05) is 0 Å². The van der Waals surface area contributed by atoms with E-state index in [9.17, 15) is 10.5 Å². The summed E-state index contributed by atoms with van der Waals surface area (Å²) in [6.07, 6.45) is 1.09. The van der Waals surface area contributed by atoms with Crippen LogP contribution in [0.4, 0.5) is 0 Å². The highest BCUT2D eigenvalue weighted by Crippen LogP contribution is 2.21. The van der Waals surface area contributed by atoms with Crippen molar-refractivity contribution in [3.8, 4) is 30.0 Å². The fourth-order valence-electron chi connectivity index (χ4n) is 2.21. The quantitative estimate of drug-likeness (QED) is 0.814. The summed E-state index contributed by atoms with van der Waals surface area (Å²) in [5.41, 5.74) is 0.679. The van der Waals surface area contributed by atoms with Crippen LogP contribution in [0.1, 0.15) is 23.1 Å². The Hall–Kier alpha value is -3.53. The molecular weight excluding hydrogens is 282 g/mol. The molecule has 0 heterocycles. The van der Waals surface area contributed by atoms with E-state index in [2.05, 4.69) is 17.9 Å². The second-order valence-corrected chi connectivity index (χ2v) is 4.91. The Kier molecular flexibility index (Phi) is 5.15. The van der Waals surface area contributed by atoms with Crippen LogP contribution in [-0.2, 0) is 11.8 Å². The van der Waals surface area contributed by atoms with E-state index in [1.54, 1.807) is 30.3 Å². The van der Waals surface area contributed by atoms with Crippen molar-refractivity contribution >= 4 is 0 Å². The number of benzene rings is 2. The van der Waals surface area contributed by atoms with Gasteiger partial charge in [0.05, 0.1) is 11.6 Å². The van der Waals surface area contributed by atoms with E-state index in [1.165, 1.54) is 0 Å². The van der Waals surface area contributed by atoms with Gasteiger partial charge in [0.25, 0.3) is 0 Å². The highest BCUT2D eigenvalue weighted by Gasteiger charge is 2.29. The molecule has 0 saturated heterocycles. The van der Waals surface area contributed by atoms with Crippen LogP contribution in [0.3, 0.4) is 0 Å². The fourth-order valence-corrected chi connectivity index (χ4v) is 2.21. The molecule has 0 radical (unpaired) electrons. The molecule has 0 aliphatic carbocycles. The Balaban J connectivity index is 2.18. The maximum absolute atomic E-state index is 9.41. The number of hydrogen-bond acceptors (Lipinski definition) is 3. The topological polar surface area (TPSA) is 71.4 Å². The van der Waals surface area contributed by atoms with Gasteiger partial charge >= 0.3 is 0 Å². The van der Waals surface area contributed by atoms with Crippen molar-refractivity contribution in [1.82, 2.24) is 0 Å². The van der Waals surface area contributed by atoms with E-state index in [4.69, 9.17) is 5.26 Å². The molecule has 3 nitrogen and oxygen atoms in total. The third-order valence-corrected chi connectivity index (χ3v) is 3.48. The van der Waals surface area contributed by atoms with Crippen LogP contribution in [0.15, 0.2) is 54.6 Å². The highest BCUT2D eigenvalue weighted by molar-refractivity contribution is 5.50. The molecule has 0 atom stereocenters. The zero-order valence-corrected chi connectivity index (χ0v) is 12.5. The summed E-state index contributed by atoms with van der Waals surface area (Å²) in [6, 6.07) is 22.4. The molecule has 0 amide bonds. The molecule has 0 bridgehead atoms. The van der Waals surface area contributed by atoms with Gasteiger partial charge in [-0.05, 0) is 23.6 Å². The Morgan fingerprint density at radius 2 is 1.48 bits per heavy atom. The highest BCUT2D eigenvalue weighted by atomic mass is 14.4. The van der Waals surface area contributed by atoms with E-state index >= 15 is 0 Å². The van der Waals surface area contributed by atoms with Crippen molar-refractivity contribution in [1.29, 1.82) is 15.8 Å². The van der Waals surface area contributed by atoms with E-state index in [0.29, 0.717) is 24.0 Å². The number of aryl methyl sites for hydroxylation is 1. The molecule has 0 unspecified atom stereocenters. The molecule has 23 heavy (non-hydrogen) atoms. The van der Waals surface area contributed by atoms with Crippen LogP contribution < -0.4 is 0 Å². The van der Waals surface area contributed by atoms with Gasteiger partial charge in [-0.15, -0.1) is 0 Å². The van der Waals surface area contributed by atoms with Gasteiger partial charge in [-0.1, -0.05) is 60.4 Å². The van der Waals surface area contributed by atoms with Crippen LogP contribution in [0, 0.1) is 45.8 Å². The van der Waals surface area contributed by atoms with Gasteiger partial charge in [0.15, 0.2) is 0 Å². The first-order chi connectivity index (χ1) is 11.3. The van der Waals surface area contributed by atoms with Crippen LogP contribution in [-0.4, -0.2) is 0 Å². The largest absolute Gasteiger partial charge is 0.228 e. The number of hydrogen-bond donors (Lipinski definition) is 0. The Morgan fingerprint density at radius 3 is 2.13 bits per heavy atom. The van der Waals surface area contributed by atoms with E-state index < -0.39 is 5.41 Å². The molecule has 0 saturated carbocycles. The zero-order valence-electron chi connectivity index (χ0n) is 12.5. The van der Waals surface area contributed by atoms with Crippen LogP contribution in [0.2, 0.25) is 0 Å². The molecule has 3 heteroatoms. The molecule has 2 aromatic carbocycles. The minimum atomic E-state index is -1.45. The van der Waals surface area contributed by atoms with Crippen LogP contribution in [0.5, 0.6) is 0 Å². The molecule has 0 aliphatic rings. The van der Waals surface area contributed by atoms with Gasteiger partial charge < -0.3 is 0 Å². The summed E-state index contributed by atoms with van der Waals surface area (Å²) in [5.74, 6) is 5.72. The summed E-state index contributed by atoms with van der Waals surface area (Å²) in [7, 11) is 0. The lowest BCUT2D eigenvalue weighted by Crippen LogP contribution is -2.19. The summed E-state index contributed by atoms with van der Waals surface area (Å²) < 4.78 is 0. The Morgan fingerprint density at radius 1 is 0.826 bits per heavy atom. The summed E-state index contributed by atoms with van der Waals surface area (Å²) in [6.45, 7) is 0. The summed E-state index contributed by atoms with van der Waals surface area (Å²) in [4.78, 5) is 0. The minimum absolute atomic E-state index is 0.483. The van der Waals surface area contributed by atoms with Gasteiger partial charge in [0, 0.05) is 6.42 Å². The zero-order chi connectivity index (χ0) is 16.5. The number of nitrogens with zero attached hydrogens (tertiary/aromatic N) is 3. The second-order valence-electron chi connectivity index (χ2n) is 4.91. The average Bonchev–Trinajstić information content (AvgIpc) is 2.63. The number of rotatable bonds is 3. The first kappa shape index (κ1) is 15.9. The molecule has 0 aliphatic heterocycles. The van der Waals surface area contributed by atoms with Crippen molar-refractivity contribution in [3.63, 3.8) is 0 Å². The number of nitriles is 3. The lowest BCUT2D eigenvalue weighted by molar-refractivity contribution is 0.918. The molecule has 108 valence electrons. The lowest BCUT2D eigenvalue weighted by Gasteiger charge is -2.11. The van der Waals surface area contributed by atoms with Crippen molar-refractivity contribution in [2.24, 2.45) is 0 Å². The maximum atomic E-state index is 9.41. The molecule has 0 spiro atoms. The standard InChI is InChI=1S/C20H13N3/c21-14-18-10-5-4-8-17(18)9-6-7-13-20(15-22,16-23)19-11-2-1-3-12-19/h1-5,8,10-12H,6,9H2. The van der Waals surface area contributed by atoms with Crippen molar-refractivity contribution < 1.29 is 0 Å². The molecule has 0 fully saturated rings. The smallest absolute Gasteiger partial charge is 0.195 e. The molecule has 2 rings (SSSR count). The molecule has 0 N–H and O–H groups in total. The average molecular weight is 295 g/mol. The van der Waals surface area contributed by atoms with Gasteiger partial charge in [0.2, 0.25) is 5.41 Å². The normalized spacial score (nSPS) is 9.61. The van der Waals surface area contributed by atoms with Crippen LogP contribution in [0.25, 0.3) is 0 Å². The van der Waals surface area contributed by atoms with Crippen molar-refractivity contribution in [3.05, 3.63) is 71.3 Å². The Bertz CT molecular complexity index is 851. The third kappa shape index (κ3) is 3.57. The van der Waals surface area contributed by atoms with Gasteiger partial charge in [-0.2, -0.15) is 15.8 Å². The van der Waals surface area contributed by atoms with Gasteiger partial charge in [-0.25, -0.2) is 0 Å². The van der Waals surface area contributed by atoms with Gasteiger partial charge in [-0.3, -0.25) is 0 Å². The SMILES string of the molecule is N#Cc1ccccc1CCC#CC(C#N)(C#N)c1ccccc1. The van der Waals surface area contributed by atoms with Crippen molar-refractivity contribution in [2.45, 2.75) is 18.3 Å². The molecule has 0 aromatic heterocycles. The summed E-state index contributed by atoms with van der Waals surface area (Å²) >= 11 is 0. The van der Waals surface area contributed by atoms with E-state index in [0.717, 1.165) is 5.56 Å². The third-order valence-electron chi connectivity index (χ3n) is 3.48. The predicted octanol–water partition coefficient (Wildman–Crippen LogP) is 3.48.